The Morgan fingerprint density at radius 3 is 2.56 bits per heavy atom. The van der Waals surface area contributed by atoms with E-state index in [2.05, 4.69) is 0 Å². The lowest BCUT2D eigenvalue weighted by molar-refractivity contribution is -0.153. The molecule has 0 aliphatic heterocycles. The lowest BCUT2D eigenvalue weighted by Gasteiger charge is -2.43. The molecule has 86 valence electrons. The predicted molar refractivity (Wildman–Crippen MR) is 60.7 cm³/mol. The van der Waals surface area contributed by atoms with Crippen LogP contribution in [-0.4, -0.2) is 22.3 Å². The average molecular weight is 241 g/mol. The molecular formula is C12H13ClO3. The van der Waals surface area contributed by atoms with E-state index in [-0.39, 0.29) is 12.8 Å². The third kappa shape index (κ3) is 1.51. The number of carbonyl (C=O) groups is 1. The van der Waals surface area contributed by atoms with Gasteiger partial charge in [0.25, 0.3) is 0 Å². The lowest BCUT2D eigenvalue weighted by atomic mass is 9.62. The van der Waals surface area contributed by atoms with Gasteiger partial charge in [0.2, 0.25) is 0 Å². The van der Waals surface area contributed by atoms with Crippen LogP contribution in [0, 0.1) is 6.92 Å². The number of hydrogen-bond donors (Lipinski definition) is 2. The maximum atomic E-state index is 11.4. The zero-order valence-electron chi connectivity index (χ0n) is 8.90. The predicted octanol–water partition coefficient (Wildman–Crippen LogP) is 2.13. The standard InChI is InChI=1S/C12H13ClO3/c1-7-3-2-4-9(13)10(7)12(11(15)16)5-8(14)6-12/h2-4,8,14H,5-6H2,1H3,(H,15,16). The molecule has 0 saturated heterocycles. The third-order valence-electron chi connectivity index (χ3n) is 3.28. The number of carboxylic acids is 1. The van der Waals surface area contributed by atoms with E-state index in [0.717, 1.165) is 5.56 Å². The van der Waals surface area contributed by atoms with Crippen LogP contribution in [0.15, 0.2) is 18.2 Å². The first-order chi connectivity index (χ1) is 7.47. The van der Waals surface area contributed by atoms with E-state index < -0.39 is 17.5 Å². The molecule has 3 nitrogen and oxygen atoms in total. The van der Waals surface area contributed by atoms with Gasteiger partial charge in [0.15, 0.2) is 0 Å². The summed E-state index contributed by atoms with van der Waals surface area (Å²) in [4.78, 5) is 11.4. The molecule has 2 N–H and O–H groups in total. The summed E-state index contributed by atoms with van der Waals surface area (Å²) in [5.74, 6) is -0.908. The van der Waals surface area contributed by atoms with Gasteiger partial charge in [-0.2, -0.15) is 0 Å². The van der Waals surface area contributed by atoms with E-state index in [0.29, 0.717) is 10.6 Å². The van der Waals surface area contributed by atoms with Crippen LogP contribution >= 0.6 is 11.6 Å². The highest BCUT2D eigenvalue weighted by Gasteiger charge is 2.52. The highest BCUT2D eigenvalue weighted by molar-refractivity contribution is 6.31. The molecule has 1 aliphatic rings. The summed E-state index contributed by atoms with van der Waals surface area (Å²) in [5.41, 5.74) is 0.512. The van der Waals surface area contributed by atoms with E-state index in [9.17, 15) is 15.0 Å². The SMILES string of the molecule is Cc1cccc(Cl)c1C1(C(=O)O)CC(O)C1. The van der Waals surface area contributed by atoms with Crippen LogP contribution in [0.25, 0.3) is 0 Å². The van der Waals surface area contributed by atoms with E-state index in [4.69, 9.17) is 11.6 Å². The molecule has 1 aromatic rings. The van der Waals surface area contributed by atoms with Gasteiger partial charge in [0.05, 0.1) is 11.5 Å². The zero-order valence-corrected chi connectivity index (χ0v) is 9.66. The molecule has 0 bridgehead atoms. The van der Waals surface area contributed by atoms with Crippen molar-refractivity contribution >= 4 is 17.6 Å². The molecule has 1 fully saturated rings. The van der Waals surface area contributed by atoms with Crippen molar-refractivity contribution in [2.24, 2.45) is 0 Å². The first-order valence-electron chi connectivity index (χ1n) is 5.14. The lowest BCUT2D eigenvalue weighted by Crippen LogP contribution is -2.51. The summed E-state index contributed by atoms with van der Waals surface area (Å²) in [5, 5.41) is 19.2. The Bertz CT molecular complexity index is 416. The minimum atomic E-state index is -0.998. The molecule has 1 saturated carbocycles. The van der Waals surface area contributed by atoms with Crippen molar-refractivity contribution in [3.05, 3.63) is 34.3 Å². The number of halogens is 1. The van der Waals surface area contributed by atoms with Crippen LogP contribution in [0.1, 0.15) is 24.0 Å². The molecule has 0 atom stereocenters. The highest BCUT2D eigenvalue weighted by atomic mass is 35.5. The van der Waals surface area contributed by atoms with Crippen molar-refractivity contribution in [3.63, 3.8) is 0 Å². The minimum absolute atomic E-state index is 0.243. The van der Waals surface area contributed by atoms with Gasteiger partial charge >= 0.3 is 5.97 Å². The summed E-state index contributed by atoms with van der Waals surface area (Å²) < 4.78 is 0. The Kier molecular flexibility index (Phi) is 2.68. The fourth-order valence-electron chi connectivity index (χ4n) is 2.47. The molecule has 0 aromatic heterocycles. The molecule has 0 radical (unpaired) electrons. The van der Waals surface area contributed by atoms with Crippen LogP contribution in [0.4, 0.5) is 0 Å². The first-order valence-corrected chi connectivity index (χ1v) is 5.52. The topological polar surface area (TPSA) is 57.5 Å². The normalized spacial score (nSPS) is 28.6. The maximum Gasteiger partial charge on any atom is 0.314 e. The van der Waals surface area contributed by atoms with Crippen molar-refractivity contribution < 1.29 is 15.0 Å². The fraction of sp³-hybridized carbons (Fsp3) is 0.417. The van der Waals surface area contributed by atoms with Crippen molar-refractivity contribution in [2.45, 2.75) is 31.3 Å². The second-order valence-electron chi connectivity index (χ2n) is 4.38. The largest absolute Gasteiger partial charge is 0.481 e. The van der Waals surface area contributed by atoms with Gasteiger partial charge in [-0.05, 0) is 37.0 Å². The molecule has 1 aliphatic carbocycles. The summed E-state index contributed by atoms with van der Waals surface area (Å²) in [6.07, 6.45) is -0.0495. The Morgan fingerprint density at radius 1 is 1.50 bits per heavy atom. The molecule has 0 amide bonds. The van der Waals surface area contributed by atoms with E-state index in [1.807, 2.05) is 13.0 Å². The highest BCUT2D eigenvalue weighted by Crippen LogP contribution is 2.47. The van der Waals surface area contributed by atoms with Gasteiger partial charge in [-0.25, -0.2) is 0 Å². The summed E-state index contributed by atoms with van der Waals surface area (Å²) >= 11 is 6.07. The zero-order chi connectivity index (χ0) is 11.9. The molecule has 2 rings (SSSR count). The molecule has 4 heteroatoms. The first kappa shape index (κ1) is 11.4. The number of benzene rings is 1. The maximum absolute atomic E-state index is 11.4. The van der Waals surface area contributed by atoms with E-state index >= 15 is 0 Å². The Balaban J connectivity index is 2.53. The quantitative estimate of drug-likeness (QED) is 0.833. The van der Waals surface area contributed by atoms with Crippen molar-refractivity contribution in [1.82, 2.24) is 0 Å². The van der Waals surface area contributed by atoms with Crippen molar-refractivity contribution in [3.8, 4) is 0 Å². The Morgan fingerprint density at radius 2 is 2.12 bits per heavy atom. The number of carboxylic acid groups (broad SMARTS) is 1. The van der Waals surface area contributed by atoms with Crippen molar-refractivity contribution in [1.29, 1.82) is 0 Å². The summed E-state index contributed by atoms with van der Waals surface area (Å²) in [6, 6.07) is 5.34. The second-order valence-corrected chi connectivity index (χ2v) is 4.79. The van der Waals surface area contributed by atoms with E-state index in [1.54, 1.807) is 12.1 Å². The molecular weight excluding hydrogens is 228 g/mol. The van der Waals surface area contributed by atoms with Gasteiger partial charge in [-0.1, -0.05) is 23.7 Å². The molecule has 0 spiro atoms. The van der Waals surface area contributed by atoms with Gasteiger partial charge in [0, 0.05) is 5.02 Å². The number of aryl methyl sites for hydroxylation is 1. The minimum Gasteiger partial charge on any atom is -0.481 e. The number of rotatable bonds is 2. The van der Waals surface area contributed by atoms with Crippen molar-refractivity contribution in [2.75, 3.05) is 0 Å². The number of aliphatic carboxylic acids is 1. The van der Waals surface area contributed by atoms with Crippen LogP contribution in [0.5, 0.6) is 0 Å². The van der Waals surface area contributed by atoms with Gasteiger partial charge in [-0.15, -0.1) is 0 Å². The monoisotopic (exact) mass is 240 g/mol. The molecule has 0 heterocycles. The van der Waals surface area contributed by atoms with E-state index in [1.165, 1.54) is 0 Å². The molecule has 16 heavy (non-hydrogen) atoms. The van der Waals surface area contributed by atoms with Crippen LogP contribution in [0.3, 0.4) is 0 Å². The number of hydrogen-bond acceptors (Lipinski definition) is 2. The third-order valence-corrected chi connectivity index (χ3v) is 3.59. The van der Waals surface area contributed by atoms with Gasteiger partial charge < -0.3 is 10.2 Å². The second kappa shape index (κ2) is 3.75. The summed E-state index contributed by atoms with van der Waals surface area (Å²) in [7, 11) is 0. The fourth-order valence-corrected chi connectivity index (χ4v) is 2.87. The van der Waals surface area contributed by atoms with Gasteiger partial charge in [-0.3, -0.25) is 4.79 Å². The molecule has 1 aromatic carbocycles. The van der Waals surface area contributed by atoms with Crippen LogP contribution < -0.4 is 0 Å². The Labute approximate surface area is 98.7 Å². The Hall–Kier alpha value is -1.06. The smallest absolute Gasteiger partial charge is 0.314 e. The average Bonchev–Trinajstić information content (AvgIpc) is 2.13. The van der Waals surface area contributed by atoms with Crippen LogP contribution in [-0.2, 0) is 10.2 Å². The number of aliphatic hydroxyl groups excluding tert-OH is 1. The number of aliphatic hydroxyl groups is 1. The molecule has 0 unspecified atom stereocenters. The van der Waals surface area contributed by atoms with Crippen LogP contribution in [0.2, 0.25) is 5.02 Å². The van der Waals surface area contributed by atoms with Gasteiger partial charge in [0.1, 0.15) is 0 Å². The summed E-state index contributed by atoms with van der Waals surface area (Å²) in [6.45, 7) is 1.84.